The number of carbonyl (C=O) groups excluding carboxylic acids is 2. The van der Waals surface area contributed by atoms with E-state index in [9.17, 15) is 9.59 Å². The Balaban J connectivity index is 1.44. The van der Waals surface area contributed by atoms with E-state index in [0.717, 1.165) is 19.5 Å². The first-order valence-corrected chi connectivity index (χ1v) is 9.34. The highest BCUT2D eigenvalue weighted by atomic mass is 16.5. The number of hydrogen-bond acceptors (Lipinski definition) is 4. The molecule has 0 aromatic heterocycles. The average molecular weight is 366 g/mol. The number of rotatable bonds is 7. The highest BCUT2D eigenvalue weighted by Crippen LogP contribution is 2.20. The van der Waals surface area contributed by atoms with Crippen molar-refractivity contribution in [3.05, 3.63) is 65.2 Å². The van der Waals surface area contributed by atoms with Crippen LogP contribution < -0.4 is 10.1 Å². The van der Waals surface area contributed by atoms with Crippen molar-refractivity contribution in [3.63, 3.8) is 0 Å². The lowest BCUT2D eigenvalue weighted by Crippen LogP contribution is -2.45. The molecule has 5 nitrogen and oxygen atoms in total. The first-order valence-electron chi connectivity index (χ1n) is 9.34. The van der Waals surface area contributed by atoms with E-state index in [-0.39, 0.29) is 24.3 Å². The first kappa shape index (κ1) is 19.1. The summed E-state index contributed by atoms with van der Waals surface area (Å²) in [5.41, 5.74) is 3.37. The maximum atomic E-state index is 12.1. The number of nitrogens with zero attached hydrogens (tertiary/aromatic N) is 1. The number of amides is 1. The van der Waals surface area contributed by atoms with Crippen molar-refractivity contribution in [1.82, 2.24) is 10.2 Å². The molecule has 0 aliphatic carbocycles. The van der Waals surface area contributed by atoms with E-state index in [4.69, 9.17) is 4.74 Å². The summed E-state index contributed by atoms with van der Waals surface area (Å²) >= 11 is 0. The van der Waals surface area contributed by atoms with Gasteiger partial charge in [-0.2, -0.15) is 0 Å². The summed E-state index contributed by atoms with van der Waals surface area (Å²) in [7, 11) is 0. The van der Waals surface area contributed by atoms with E-state index in [1.165, 1.54) is 18.1 Å². The molecule has 142 valence electrons. The van der Waals surface area contributed by atoms with E-state index >= 15 is 0 Å². The number of ketones is 1. The van der Waals surface area contributed by atoms with Crippen molar-refractivity contribution in [2.45, 2.75) is 32.9 Å². The Labute approximate surface area is 160 Å². The standard InChI is InChI=1S/C22H26N2O3/c1-16(24-11-10-18-6-3-4-7-20(18)14-24)13-23-22(26)15-27-21-9-5-8-19(12-21)17(2)25/h3-9,12,16H,10-11,13-15H2,1-2H3,(H,23,26). The van der Waals surface area contributed by atoms with Gasteiger partial charge in [0.1, 0.15) is 5.75 Å². The Kier molecular flexibility index (Phi) is 6.24. The molecule has 27 heavy (non-hydrogen) atoms. The van der Waals surface area contributed by atoms with Gasteiger partial charge in [-0.3, -0.25) is 14.5 Å². The second-order valence-corrected chi connectivity index (χ2v) is 7.01. The van der Waals surface area contributed by atoms with Crippen LogP contribution in [0, 0.1) is 0 Å². The molecule has 0 radical (unpaired) electrons. The van der Waals surface area contributed by atoms with E-state index in [1.807, 2.05) is 0 Å². The molecule has 0 saturated carbocycles. The second kappa shape index (κ2) is 8.82. The zero-order valence-corrected chi connectivity index (χ0v) is 15.9. The van der Waals surface area contributed by atoms with Crippen LogP contribution in [0.2, 0.25) is 0 Å². The molecule has 0 saturated heterocycles. The number of ether oxygens (including phenoxy) is 1. The van der Waals surface area contributed by atoms with E-state index in [0.29, 0.717) is 17.9 Å². The van der Waals surface area contributed by atoms with E-state index in [2.05, 4.69) is 41.4 Å². The Morgan fingerprint density at radius 2 is 1.93 bits per heavy atom. The Hall–Kier alpha value is -2.66. The summed E-state index contributed by atoms with van der Waals surface area (Å²) in [5, 5.41) is 2.94. The highest BCUT2D eigenvalue weighted by molar-refractivity contribution is 5.94. The summed E-state index contributed by atoms with van der Waals surface area (Å²) in [6.07, 6.45) is 1.05. The molecular weight excluding hydrogens is 340 g/mol. The SMILES string of the molecule is CC(=O)c1cccc(OCC(=O)NCC(C)N2CCc3ccccc3C2)c1. The van der Waals surface area contributed by atoms with Crippen molar-refractivity contribution in [2.75, 3.05) is 19.7 Å². The van der Waals surface area contributed by atoms with Crippen LogP contribution in [-0.2, 0) is 17.8 Å². The lowest BCUT2D eigenvalue weighted by atomic mass is 9.99. The van der Waals surface area contributed by atoms with Crippen LogP contribution in [0.15, 0.2) is 48.5 Å². The molecule has 0 spiro atoms. The molecule has 3 rings (SSSR count). The first-order chi connectivity index (χ1) is 13.0. The smallest absolute Gasteiger partial charge is 0.257 e. The predicted octanol–water partition coefficient (Wildman–Crippen LogP) is 2.83. The van der Waals surface area contributed by atoms with Gasteiger partial charge < -0.3 is 10.1 Å². The van der Waals surface area contributed by atoms with Crippen molar-refractivity contribution in [2.24, 2.45) is 0 Å². The molecule has 1 amide bonds. The third-order valence-electron chi connectivity index (χ3n) is 4.99. The van der Waals surface area contributed by atoms with Crippen molar-refractivity contribution in [1.29, 1.82) is 0 Å². The fourth-order valence-electron chi connectivity index (χ4n) is 3.29. The van der Waals surface area contributed by atoms with Gasteiger partial charge in [0.05, 0.1) is 0 Å². The summed E-state index contributed by atoms with van der Waals surface area (Å²) in [5.74, 6) is 0.341. The molecule has 1 aliphatic heterocycles. The third kappa shape index (κ3) is 5.17. The van der Waals surface area contributed by atoms with Crippen LogP contribution in [0.3, 0.4) is 0 Å². The molecule has 1 unspecified atom stereocenters. The van der Waals surface area contributed by atoms with Gasteiger partial charge in [-0.15, -0.1) is 0 Å². The summed E-state index contributed by atoms with van der Waals surface area (Å²) in [6, 6.07) is 15.7. The Morgan fingerprint density at radius 1 is 1.15 bits per heavy atom. The fraction of sp³-hybridized carbons (Fsp3) is 0.364. The maximum absolute atomic E-state index is 12.1. The highest BCUT2D eigenvalue weighted by Gasteiger charge is 2.20. The van der Waals surface area contributed by atoms with Gasteiger partial charge in [0.25, 0.3) is 5.91 Å². The van der Waals surface area contributed by atoms with Crippen LogP contribution >= 0.6 is 0 Å². The number of hydrogen-bond donors (Lipinski definition) is 1. The summed E-state index contributed by atoms with van der Waals surface area (Å²) < 4.78 is 5.51. The summed E-state index contributed by atoms with van der Waals surface area (Å²) in [6.45, 7) is 6.08. The number of fused-ring (bicyclic) bond motifs is 1. The Bertz CT molecular complexity index is 819. The third-order valence-corrected chi connectivity index (χ3v) is 4.99. The van der Waals surface area contributed by atoms with Crippen molar-refractivity contribution < 1.29 is 14.3 Å². The zero-order chi connectivity index (χ0) is 19.2. The number of carbonyl (C=O) groups is 2. The molecule has 1 heterocycles. The lowest BCUT2D eigenvalue weighted by molar-refractivity contribution is -0.123. The predicted molar refractivity (Wildman–Crippen MR) is 105 cm³/mol. The normalized spacial score (nSPS) is 14.9. The number of nitrogens with one attached hydrogen (secondary N) is 1. The van der Waals surface area contributed by atoms with Gasteiger partial charge in [-0.05, 0) is 43.5 Å². The minimum Gasteiger partial charge on any atom is -0.484 e. The molecule has 1 N–H and O–H groups in total. The lowest BCUT2D eigenvalue weighted by Gasteiger charge is -2.33. The van der Waals surface area contributed by atoms with E-state index < -0.39 is 0 Å². The van der Waals surface area contributed by atoms with Crippen molar-refractivity contribution >= 4 is 11.7 Å². The molecule has 0 fully saturated rings. The average Bonchev–Trinajstić information content (AvgIpc) is 2.70. The Morgan fingerprint density at radius 3 is 2.70 bits per heavy atom. The topological polar surface area (TPSA) is 58.6 Å². The molecule has 0 bridgehead atoms. The largest absolute Gasteiger partial charge is 0.484 e. The van der Waals surface area contributed by atoms with Crippen LogP contribution in [-0.4, -0.2) is 42.3 Å². The molecule has 1 atom stereocenters. The molecule has 2 aromatic carbocycles. The maximum Gasteiger partial charge on any atom is 0.257 e. The van der Waals surface area contributed by atoms with Crippen molar-refractivity contribution in [3.8, 4) is 5.75 Å². The monoisotopic (exact) mass is 366 g/mol. The molecule has 5 heteroatoms. The van der Waals surface area contributed by atoms with Crippen LogP contribution in [0.25, 0.3) is 0 Å². The van der Waals surface area contributed by atoms with Gasteiger partial charge in [-0.1, -0.05) is 36.4 Å². The van der Waals surface area contributed by atoms with Gasteiger partial charge >= 0.3 is 0 Å². The fourth-order valence-corrected chi connectivity index (χ4v) is 3.29. The van der Waals surface area contributed by atoms with Crippen LogP contribution in [0.5, 0.6) is 5.75 Å². The summed E-state index contributed by atoms with van der Waals surface area (Å²) in [4.78, 5) is 25.9. The minimum atomic E-state index is -0.160. The van der Waals surface area contributed by atoms with Gasteiger partial charge in [-0.25, -0.2) is 0 Å². The number of benzene rings is 2. The van der Waals surface area contributed by atoms with Gasteiger partial charge in [0.15, 0.2) is 12.4 Å². The molecular formula is C22H26N2O3. The zero-order valence-electron chi connectivity index (χ0n) is 15.9. The second-order valence-electron chi connectivity index (χ2n) is 7.01. The quantitative estimate of drug-likeness (QED) is 0.766. The van der Waals surface area contributed by atoms with Crippen LogP contribution in [0.4, 0.5) is 0 Å². The van der Waals surface area contributed by atoms with Gasteiger partial charge in [0.2, 0.25) is 0 Å². The van der Waals surface area contributed by atoms with E-state index in [1.54, 1.807) is 24.3 Å². The number of Topliss-reactive ketones (excluding diaryl/α,β-unsaturated/α-hetero) is 1. The molecule has 1 aliphatic rings. The minimum absolute atomic E-state index is 0.0261. The van der Waals surface area contributed by atoms with Crippen LogP contribution in [0.1, 0.15) is 35.3 Å². The van der Waals surface area contributed by atoms with Gasteiger partial charge in [0, 0.05) is 31.2 Å². The molecule has 2 aromatic rings.